The molecule has 1 fully saturated rings. The van der Waals surface area contributed by atoms with E-state index >= 15 is 0 Å². The Bertz CT molecular complexity index is 351. The number of hydrogen-bond donors (Lipinski definition) is 0. The quantitative estimate of drug-likeness (QED) is 0.752. The number of rotatable bonds is 2. The topological polar surface area (TPSA) is 26.3 Å². The maximum absolute atomic E-state index is 10.5. The first-order chi connectivity index (χ1) is 6.70. The summed E-state index contributed by atoms with van der Waals surface area (Å²) in [5.74, 6) is 0. The molecule has 2 heterocycles. The van der Waals surface area contributed by atoms with Crippen LogP contribution in [0.4, 0.5) is 0 Å². The highest BCUT2D eigenvalue weighted by atomic mass is 35.5. The van der Waals surface area contributed by atoms with Gasteiger partial charge in [-0.3, -0.25) is 0 Å². The van der Waals surface area contributed by atoms with Gasteiger partial charge in [-0.25, -0.2) is 0 Å². The molecule has 0 bridgehead atoms. The van der Waals surface area contributed by atoms with E-state index in [0.29, 0.717) is 8.67 Å². The number of halogens is 2. The van der Waals surface area contributed by atoms with Crippen LogP contribution in [-0.2, 0) is 9.53 Å². The molecule has 0 amide bonds. The number of aldehydes is 1. The van der Waals surface area contributed by atoms with Crippen LogP contribution < -0.4 is 0 Å². The van der Waals surface area contributed by atoms with E-state index in [2.05, 4.69) is 0 Å². The summed E-state index contributed by atoms with van der Waals surface area (Å²) in [6, 6.07) is 1.81. The highest BCUT2D eigenvalue weighted by Gasteiger charge is 2.28. The number of ether oxygens (including phenoxy) is 1. The molecule has 2 rings (SSSR count). The van der Waals surface area contributed by atoms with Crippen molar-refractivity contribution in [3.8, 4) is 0 Å². The first-order valence-electron chi connectivity index (χ1n) is 4.26. The second-order valence-electron chi connectivity index (χ2n) is 3.16. The molecule has 1 aliphatic rings. The lowest BCUT2D eigenvalue weighted by Gasteiger charge is -2.08. The molecule has 76 valence electrons. The molecule has 1 aliphatic heterocycles. The molecule has 14 heavy (non-hydrogen) atoms. The van der Waals surface area contributed by atoms with Crippen LogP contribution in [0.25, 0.3) is 0 Å². The minimum absolute atomic E-state index is 0.0681. The maximum atomic E-state index is 10.5. The zero-order valence-corrected chi connectivity index (χ0v) is 9.53. The van der Waals surface area contributed by atoms with Gasteiger partial charge in [-0.15, -0.1) is 11.3 Å². The number of thiophene rings is 1. The normalized spacial score (nSPS) is 26.7. The first-order valence-corrected chi connectivity index (χ1v) is 5.83. The van der Waals surface area contributed by atoms with Gasteiger partial charge in [0.25, 0.3) is 0 Å². The average molecular weight is 251 g/mol. The molecule has 5 heteroatoms. The van der Waals surface area contributed by atoms with Crippen molar-refractivity contribution < 1.29 is 9.53 Å². The van der Waals surface area contributed by atoms with E-state index in [0.717, 1.165) is 24.7 Å². The fourth-order valence-corrected chi connectivity index (χ4v) is 3.12. The SMILES string of the molecule is O=CC1CCC(c2cc(Cl)sc2Cl)O1. The van der Waals surface area contributed by atoms with Gasteiger partial charge in [-0.05, 0) is 18.9 Å². The van der Waals surface area contributed by atoms with Gasteiger partial charge in [0.05, 0.1) is 10.4 Å². The van der Waals surface area contributed by atoms with Gasteiger partial charge >= 0.3 is 0 Å². The molecular weight excluding hydrogens is 243 g/mol. The predicted octanol–water partition coefficient (Wildman–Crippen LogP) is 3.47. The standard InChI is InChI=1S/C9H8Cl2O2S/c10-8-3-6(9(11)14-8)7-2-1-5(4-12)13-7/h3-5,7H,1-2H2. The molecular formula is C9H8Cl2O2S. The smallest absolute Gasteiger partial charge is 0.148 e. The third kappa shape index (κ3) is 1.96. The van der Waals surface area contributed by atoms with E-state index in [9.17, 15) is 4.79 Å². The minimum atomic E-state index is -0.283. The summed E-state index contributed by atoms with van der Waals surface area (Å²) in [7, 11) is 0. The molecule has 0 aromatic carbocycles. The Morgan fingerprint density at radius 2 is 2.29 bits per heavy atom. The van der Waals surface area contributed by atoms with Gasteiger partial charge < -0.3 is 9.53 Å². The molecule has 1 aromatic heterocycles. The Morgan fingerprint density at radius 1 is 1.50 bits per heavy atom. The second kappa shape index (κ2) is 4.19. The third-order valence-corrected chi connectivity index (χ3v) is 3.75. The van der Waals surface area contributed by atoms with Crippen LogP contribution in [0.3, 0.4) is 0 Å². The molecule has 2 unspecified atom stereocenters. The predicted molar refractivity (Wildman–Crippen MR) is 57.3 cm³/mol. The van der Waals surface area contributed by atoms with Crippen molar-refractivity contribution >= 4 is 40.8 Å². The largest absolute Gasteiger partial charge is 0.363 e. The number of carbonyl (C=O) groups excluding carboxylic acids is 1. The molecule has 0 N–H and O–H groups in total. The monoisotopic (exact) mass is 250 g/mol. The fraction of sp³-hybridized carbons (Fsp3) is 0.444. The maximum Gasteiger partial charge on any atom is 0.148 e. The van der Waals surface area contributed by atoms with Gasteiger partial charge in [-0.2, -0.15) is 0 Å². The van der Waals surface area contributed by atoms with Crippen LogP contribution >= 0.6 is 34.5 Å². The van der Waals surface area contributed by atoms with Gasteiger partial charge in [0, 0.05) is 5.56 Å². The van der Waals surface area contributed by atoms with Crippen LogP contribution in [0.2, 0.25) is 8.67 Å². The van der Waals surface area contributed by atoms with E-state index < -0.39 is 0 Å². The molecule has 0 radical (unpaired) electrons. The van der Waals surface area contributed by atoms with Crippen LogP contribution in [0.15, 0.2) is 6.07 Å². The highest BCUT2D eigenvalue weighted by Crippen LogP contribution is 2.41. The van der Waals surface area contributed by atoms with Crippen molar-refractivity contribution in [2.75, 3.05) is 0 Å². The van der Waals surface area contributed by atoms with Crippen molar-refractivity contribution in [3.05, 3.63) is 20.3 Å². The Hall–Kier alpha value is -0.0900. The van der Waals surface area contributed by atoms with E-state index in [1.165, 1.54) is 11.3 Å². The van der Waals surface area contributed by atoms with Gasteiger partial charge in [-0.1, -0.05) is 23.2 Å². The Labute approximate surface area is 95.8 Å². The van der Waals surface area contributed by atoms with Crippen molar-refractivity contribution in [1.29, 1.82) is 0 Å². The van der Waals surface area contributed by atoms with Crippen molar-refractivity contribution in [1.82, 2.24) is 0 Å². The summed E-state index contributed by atoms with van der Waals surface area (Å²) in [6.07, 6.45) is 2.08. The van der Waals surface area contributed by atoms with Crippen LogP contribution in [0, 0.1) is 0 Å². The Kier molecular flexibility index (Phi) is 3.12. The zero-order chi connectivity index (χ0) is 10.1. The van der Waals surface area contributed by atoms with E-state index in [-0.39, 0.29) is 12.2 Å². The van der Waals surface area contributed by atoms with Crippen LogP contribution in [0.5, 0.6) is 0 Å². The zero-order valence-electron chi connectivity index (χ0n) is 7.20. The third-order valence-electron chi connectivity index (χ3n) is 2.23. The fourth-order valence-electron chi connectivity index (χ4n) is 1.56. The molecule has 1 aromatic rings. The lowest BCUT2D eigenvalue weighted by Crippen LogP contribution is -2.06. The minimum Gasteiger partial charge on any atom is -0.363 e. The van der Waals surface area contributed by atoms with Crippen molar-refractivity contribution in [2.45, 2.75) is 25.0 Å². The Balaban J connectivity index is 2.16. The lowest BCUT2D eigenvalue weighted by molar-refractivity contribution is -0.117. The highest BCUT2D eigenvalue weighted by molar-refractivity contribution is 7.20. The first kappa shape index (κ1) is 10.4. The number of hydrogen-bond acceptors (Lipinski definition) is 3. The molecule has 0 spiro atoms. The molecule has 0 saturated carbocycles. The van der Waals surface area contributed by atoms with E-state index in [4.69, 9.17) is 27.9 Å². The molecule has 2 nitrogen and oxygen atoms in total. The summed E-state index contributed by atoms with van der Waals surface area (Å²) < 4.78 is 6.80. The number of carbonyl (C=O) groups is 1. The van der Waals surface area contributed by atoms with Gasteiger partial charge in [0.15, 0.2) is 0 Å². The van der Waals surface area contributed by atoms with Crippen LogP contribution in [-0.4, -0.2) is 12.4 Å². The summed E-state index contributed by atoms with van der Waals surface area (Å²) in [5, 5.41) is 0. The van der Waals surface area contributed by atoms with E-state index in [1.807, 2.05) is 6.07 Å². The van der Waals surface area contributed by atoms with E-state index in [1.54, 1.807) is 0 Å². The van der Waals surface area contributed by atoms with Gasteiger partial charge in [0.1, 0.15) is 16.7 Å². The second-order valence-corrected chi connectivity index (χ2v) is 5.44. The molecule has 0 aliphatic carbocycles. The summed E-state index contributed by atoms with van der Waals surface area (Å²) in [6.45, 7) is 0. The van der Waals surface area contributed by atoms with Gasteiger partial charge in [0.2, 0.25) is 0 Å². The lowest BCUT2D eigenvalue weighted by atomic mass is 10.1. The molecule has 1 saturated heterocycles. The van der Waals surface area contributed by atoms with Crippen molar-refractivity contribution in [2.24, 2.45) is 0 Å². The average Bonchev–Trinajstić information content (AvgIpc) is 2.71. The summed E-state index contributed by atoms with van der Waals surface area (Å²) >= 11 is 13.1. The summed E-state index contributed by atoms with van der Waals surface area (Å²) in [5.41, 5.74) is 0.908. The molecule has 2 atom stereocenters. The Morgan fingerprint density at radius 3 is 2.79 bits per heavy atom. The summed E-state index contributed by atoms with van der Waals surface area (Å²) in [4.78, 5) is 10.5. The van der Waals surface area contributed by atoms with Crippen molar-refractivity contribution in [3.63, 3.8) is 0 Å². The van der Waals surface area contributed by atoms with Crippen LogP contribution in [0.1, 0.15) is 24.5 Å².